The fourth-order valence-electron chi connectivity index (χ4n) is 3.59. The molecule has 1 amide bonds. The van der Waals surface area contributed by atoms with E-state index >= 15 is 0 Å². The van der Waals surface area contributed by atoms with Crippen LogP contribution < -0.4 is 14.4 Å². The molecule has 0 unspecified atom stereocenters. The van der Waals surface area contributed by atoms with Crippen LogP contribution in [0.3, 0.4) is 0 Å². The quantitative estimate of drug-likeness (QED) is 0.554. The summed E-state index contributed by atoms with van der Waals surface area (Å²) in [6, 6.07) is 12.2. The first kappa shape index (κ1) is 23.2. The maximum absolute atomic E-state index is 13.3. The van der Waals surface area contributed by atoms with E-state index in [1.807, 2.05) is 58.0 Å². The normalized spacial score (nSPS) is 14.7. The van der Waals surface area contributed by atoms with Crippen LogP contribution in [-0.2, 0) is 15.4 Å². The molecule has 0 aliphatic heterocycles. The van der Waals surface area contributed by atoms with Gasteiger partial charge in [-0.1, -0.05) is 26.8 Å². The summed E-state index contributed by atoms with van der Waals surface area (Å²) in [7, 11) is -0.399. The molecule has 0 radical (unpaired) electrons. The molecule has 1 aromatic heterocycles. The lowest BCUT2D eigenvalue weighted by molar-refractivity contribution is 0.0956. The largest absolute Gasteiger partial charge is 0.489 e. The predicted octanol–water partition coefficient (Wildman–Crippen LogP) is 4.85. The fraction of sp³-hybridized carbons (Fsp3) is 0.400. The molecular weight excluding hydrogens is 440 g/mol. The van der Waals surface area contributed by atoms with Gasteiger partial charge in [0.1, 0.15) is 16.2 Å². The second-order valence-corrected chi connectivity index (χ2v) is 11.4. The van der Waals surface area contributed by atoms with Crippen LogP contribution in [0.25, 0.3) is 11.0 Å². The van der Waals surface area contributed by atoms with Crippen molar-refractivity contribution in [3.05, 3.63) is 53.8 Å². The minimum absolute atomic E-state index is 0.00333. The second kappa shape index (κ2) is 8.41. The molecule has 3 aromatic rings. The molecule has 0 bridgehead atoms. The predicted molar refractivity (Wildman–Crippen MR) is 129 cm³/mol. The third-order valence-corrected chi connectivity index (χ3v) is 7.27. The number of carbonyl (C=O) groups excluding carboxylic acids is 1. The van der Waals surface area contributed by atoms with Crippen molar-refractivity contribution in [2.75, 3.05) is 19.0 Å². The molecule has 8 heteroatoms. The minimum atomic E-state index is -4.20. The average molecular weight is 471 g/mol. The number of amides is 1. The first-order valence-corrected chi connectivity index (χ1v) is 12.5. The van der Waals surface area contributed by atoms with Crippen molar-refractivity contribution in [1.29, 1.82) is 0 Å². The molecule has 1 N–H and O–H groups in total. The standard InChI is InChI=1S/C25H30N2O5S/c1-25(2,3)17-10-12-20(31-19-7-6-8-19)23(14-17)33(29,30)26-24(28)22-13-16-9-11-18(27(4)5)15-21(16)32-22/h9-15,19H,6-8H2,1-5H3,(H,26,28). The number of hydrogen-bond acceptors (Lipinski definition) is 6. The van der Waals surface area contributed by atoms with Crippen molar-refractivity contribution in [2.24, 2.45) is 0 Å². The zero-order valence-corrected chi connectivity index (χ0v) is 20.5. The lowest BCUT2D eigenvalue weighted by atomic mass is 9.87. The summed E-state index contributed by atoms with van der Waals surface area (Å²) in [5, 5.41) is 0.715. The summed E-state index contributed by atoms with van der Waals surface area (Å²) >= 11 is 0. The molecular formula is C25H30N2O5S. The highest BCUT2D eigenvalue weighted by Crippen LogP contribution is 2.34. The van der Waals surface area contributed by atoms with Crippen LogP contribution in [-0.4, -0.2) is 34.5 Å². The fourth-order valence-corrected chi connectivity index (χ4v) is 4.71. The van der Waals surface area contributed by atoms with Gasteiger partial charge in [-0.3, -0.25) is 4.79 Å². The number of ether oxygens (including phenoxy) is 1. The van der Waals surface area contributed by atoms with Crippen molar-refractivity contribution in [3.63, 3.8) is 0 Å². The molecule has 2 aromatic carbocycles. The van der Waals surface area contributed by atoms with Crippen LogP contribution in [0, 0.1) is 0 Å². The number of sulfonamides is 1. The summed E-state index contributed by atoms with van der Waals surface area (Å²) in [6.07, 6.45) is 2.84. The van der Waals surface area contributed by atoms with Gasteiger partial charge in [-0.05, 0) is 60.6 Å². The van der Waals surface area contributed by atoms with Crippen molar-refractivity contribution in [1.82, 2.24) is 4.72 Å². The molecule has 1 aliphatic rings. The zero-order chi connectivity index (χ0) is 24.0. The van der Waals surface area contributed by atoms with Gasteiger partial charge >= 0.3 is 5.91 Å². The topological polar surface area (TPSA) is 88.9 Å². The number of nitrogens with one attached hydrogen (secondary N) is 1. The molecule has 1 heterocycles. The first-order valence-electron chi connectivity index (χ1n) is 11.0. The van der Waals surface area contributed by atoms with E-state index in [-0.39, 0.29) is 27.9 Å². The average Bonchev–Trinajstić information content (AvgIpc) is 3.13. The molecule has 1 aliphatic carbocycles. The summed E-state index contributed by atoms with van der Waals surface area (Å²) in [5.41, 5.74) is 1.98. The smallest absolute Gasteiger partial charge is 0.300 e. The number of hydrogen-bond donors (Lipinski definition) is 1. The third-order valence-electron chi connectivity index (χ3n) is 5.92. The minimum Gasteiger partial charge on any atom is -0.489 e. The monoisotopic (exact) mass is 470 g/mol. The van der Waals surface area contributed by atoms with E-state index < -0.39 is 15.9 Å². The summed E-state index contributed by atoms with van der Waals surface area (Å²) in [6.45, 7) is 6.00. The van der Waals surface area contributed by atoms with Gasteiger partial charge in [-0.2, -0.15) is 0 Å². The molecule has 176 valence electrons. The van der Waals surface area contributed by atoms with Gasteiger partial charge in [-0.15, -0.1) is 0 Å². The van der Waals surface area contributed by atoms with E-state index in [1.165, 1.54) is 6.07 Å². The van der Waals surface area contributed by atoms with Gasteiger partial charge in [0.15, 0.2) is 5.76 Å². The molecule has 4 rings (SSSR count). The number of nitrogens with zero attached hydrogens (tertiary/aromatic N) is 1. The number of benzene rings is 2. The van der Waals surface area contributed by atoms with Gasteiger partial charge < -0.3 is 14.1 Å². The number of rotatable bonds is 6. The van der Waals surface area contributed by atoms with Crippen LogP contribution in [0.4, 0.5) is 5.69 Å². The zero-order valence-electron chi connectivity index (χ0n) is 19.6. The lowest BCUT2D eigenvalue weighted by Crippen LogP contribution is -2.32. The molecule has 33 heavy (non-hydrogen) atoms. The van der Waals surface area contributed by atoms with Crippen molar-refractivity contribution in [3.8, 4) is 5.75 Å². The molecule has 0 saturated heterocycles. The summed E-state index contributed by atoms with van der Waals surface area (Å²) < 4.78 is 40.4. The Morgan fingerprint density at radius 3 is 2.42 bits per heavy atom. The number of furan rings is 1. The van der Waals surface area contributed by atoms with Crippen LogP contribution in [0.1, 0.15) is 56.2 Å². The van der Waals surface area contributed by atoms with E-state index in [0.29, 0.717) is 11.0 Å². The van der Waals surface area contributed by atoms with Gasteiger partial charge in [0.25, 0.3) is 10.0 Å². The van der Waals surface area contributed by atoms with Crippen molar-refractivity contribution < 1.29 is 22.4 Å². The Morgan fingerprint density at radius 2 is 1.82 bits per heavy atom. The van der Waals surface area contributed by atoms with Gasteiger partial charge in [0, 0.05) is 31.2 Å². The molecule has 1 fully saturated rings. The highest BCUT2D eigenvalue weighted by atomic mass is 32.2. The molecule has 1 saturated carbocycles. The summed E-state index contributed by atoms with van der Waals surface area (Å²) in [4.78, 5) is 14.7. The van der Waals surface area contributed by atoms with Crippen molar-refractivity contribution in [2.45, 2.75) is 56.4 Å². The Balaban J connectivity index is 1.66. The van der Waals surface area contributed by atoms with Crippen LogP contribution in [0.5, 0.6) is 5.75 Å². The molecule has 7 nitrogen and oxygen atoms in total. The SMILES string of the molecule is CN(C)c1ccc2cc(C(=O)NS(=O)(=O)c3cc(C(C)(C)C)ccc3OC3CCC3)oc2c1. The Morgan fingerprint density at radius 1 is 1.09 bits per heavy atom. The van der Waals surface area contributed by atoms with E-state index in [1.54, 1.807) is 18.2 Å². The first-order chi connectivity index (χ1) is 15.4. The van der Waals surface area contributed by atoms with Gasteiger partial charge in [0.05, 0.1) is 6.10 Å². The third kappa shape index (κ3) is 4.85. The maximum Gasteiger partial charge on any atom is 0.300 e. The lowest BCUT2D eigenvalue weighted by Gasteiger charge is -2.28. The van der Waals surface area contributed by atoms with Crippen molar-refractivity contribution >= 4 is 32.6 Å². The van der Waals surface area contributed by atoms with E-state index in [2.05, 4.69) is 4.72 Å². The van der Waals surface area contributed by atoms with E-state index in [4.69, 9.17) is 9.15 Å². The van der Waals surface area contributed by atoms with E-state index in [0.717, 1.165) is 30.5 Å². The van der Waals surface area contributed by atoms with Crippen LogP contribution in [0.15, 0.2) is 51.8 Å². The number of carbonyl (C=O) groups is 1. The Kier molecular flexibility index (Phi) is 5.90. The Bertz CT molecular complexity index is 1300. The highest BCUT2D eigenvalue weighted by Gasteiger charge is 2.29. The Hall–Kier alpha value is -3.00. The molecule has 0 spiro atoms. The van der Waals surface area contributed by atoms with Gasteiger partial charge in [0.2, 0.25) is 0 Å². The highest BCUT2D eigenvalue weighted by molar-refractivity contribution is 7.90. The Labute approximate surface area is 194 Å². The van der Waals surface area contributed by atoms with Gasteiger partial charge in [-0.25, -0.2) is 13.1 Å². The maximum atomic E-state index is 13.3. The number of fused-ring (bicyclic) bond motifs is 1. The van der Waals surface area contributed by atoms with Crippen LogP contribution >= 0.6 is 0 Å². The number of anilines is 1. The summed E-state index contributed by atoms with van der Waals surface area (Å²) in [5.74, 6) is -0.639. The van der Waals surface area contributed by atoms with Crippen LogP contribution in [0.2, 0.25) is 0 Å². The van der Waals surface area contributed by atoms with E-state index in [9.17, 15) is 13.2 Å². The second-order valence-electron chi connectivity index (χ2n) is 9.74. The molecule has 0 atom stereocenters.